The molecule has 172 valence electrons. The molecule has 1 aliphatic heterocycles. The number of fused-ring (bicyclic) bond motifs is 1. The minimum atomic E-state index is -0.389. The van der Waals surface area contributed by atoms with E-state index in [1.54, 1.807) is 12.4 Å². The van der Waals surface area contributed by atoms with Crippen molar-refractivity contribution in [1.82, 2.24) is 15.0 Å². The molecule has 3 heterocycles. The van der Waals surface area contributed by atoms with E-state index in [2.05, 4.69) is 26.8 Å². The fourth-order valence-corrected chi connectivity index (χ4v) is 5.83. The number of piperidine rings is 1. The number of hydrogen-bond donors (Lipinski definition) is 2. The summed E-state index contributed by atoms with van der Waals surface area (Å²) in [6, 6.07) is 5.71. The molecule has 3 atom stereocenters. The Hall–Kier alpha value is -3.29. The van der Waals surface area contributed by atoms with Crippen molar-refractivity contribution in [3.05, 3.63) is 70.7 Å². The summed E-state index contributed by atoms with van der Waals surface area (Å²) in [5, 5.41) is 0. The molecule has 6 nitrogen and oxygen atoms in total. The van der Waals surface area contributed by atoms with Crippen LogP contribution in [0.2, 0.25) is 0 Å². The van der Waals surface area contributed by atoms with Gasteiger partial charge in [0.2, 0.25) is 0 Å². The smallest absolute Gasteiger partial charge is 0.149 e. The minimum Gasteiger partial charge on any atom is -0.383 e. The standard InChI is InChI=1S/C25H28F2N6/c1-3-25(18-11-16(26)4-5-20(18)27)17-7-9-33(13-19(17)25)22-12-31-21(24(29)32-22)10-15-6-8-30-23(28)14(15)2/h4-6,8,11-12,17,19H,3,7,9-10,13H2,1-2H3,(H2,28,30)(H2,29,32)/t17?,19?,25-/m1/s1. The molecule has 0 radical (unpaired) electrons. The lowest BCUT2D eigenvalue weighted by atomic mass is 9.88. The third-order valence-corrected chi connectivity index (χ3v) is 7.75. The fourth-order valence-electron chi connectivity index (χ4n) is 5.83. The van der Waals surface area contributed by atoms with Crippen molar-refractivity contribution in [2.75, 3.05) is 29.5 Å². The molecule has 2 aromatic heterocycles. The summed E-state index contributed by atoms with van der Waals surface area (Å²) >= 11 is 0. The SMILES string of the molecule is CC[C@]1(c2cc(F)ccc2F)C2CCN(c3cnc(Cc4ccnc(N)c4C)c(N)n3)CC21. The molecule has 0 amide bonds. The second-order valence-electron chi connectivity index (χ2n) is 9.18. The average Bonchev–Trinajstić information content (AvgIpc) is 3.47. The minimum absolute atomic E-state index is 0.248. The first kappa shape index (κ1) is 21.6. The van der Waals surface area contributed by atoms with Crippen LogP contribution in [0.15, 0.2) is 36.7 Å². The van der Waals surface area contributed by atoms with E-state index in [1.165, 1.54) is 18.2 Å². The molecule has 33 heavy (non-hydrogen) atoms. The number of benzene rings is 1. The fraction of sp³-hybridized carbons (Fsp3) is 0.400. The molecule has 5 rings (SSSR count). The van der Waals surface area contributed by atoms with Crippen molar-refractivity contribution in [3.63, 3.8) is 0 Å². The lowest BCUT2D eigenvalue weighted by Crippen LogP contribution is -2.32. The molecule has 2 unspecified atom stereocenters. The summed E-state index contributed by atoms with van der Waals surface area (Å²) < 4.78 is 28.6. The molecule has 1 aromatic carbocycles. The van der Waals surface area contributed by atoms with Crippen LogP contribution in [-0.2, 0) is 11.8 Å². The number of hydrogen-bond acceptors (Lipinski definition) is 6. The Labute approximate surface area is 192 Å². The van der Waals surface area contributed by atoms with E-state index in [0.717, 1.165) is 42.9 Å². The highest BCUT2D eigenvalue weighted by atomic mass is 19.1. The monoisotopic (exact) mass is 450 g/mol. The molecule has 1 saturated carbocycles. The Morgan fingerprint density at radius 2 is 1.94 bits per heavy atom. The van der Waals surface area contributed by atoms with Crippen molar-refractivity contribution in [2.24, 2.45) is 11.8 Å². The first-order chi connectivity index (χ1) is 15.8. The predicted molar refractivity (Wildman–Crippen MR) is 125 cm³/mol. The number of halogens is 2. The molecule has 1 saturated heterocycles. The van der Waals surface area contributed by atoms with Crippen LogP contribution in [0, 0.1) is 30.4 Å². The van der Waals surface area contributed by atoms with Gasteiger partial charge in [0.05, 0.1) is 11.9 Å². The largest absolute Gasteiger partial charge is 0.383 e. The van der Waals surface area contributed by atoms with Gasteiger partial charge in [-0.3, -0.25) is 4.98 Å². The van der Waals surface area contributed by atoms with E-state index in [-0.39, 0.29) is 23.0 Å². The van der Waals surface area contributed by atoms with E-state index in [0.29, 0.717) is 35.2 Å². The van der Waals surface area contributed by atoms with E-state index in [4.69, 9.17) is 11.5 Å². The van der Waals surface area contributed by atoms with Gasteiger partial charge >= 0.3 is 0 Å². The summed E-state index contributed by atoms with van der Waals surface area (Å²) in [4.78, 5) is 15.5. The zero-order chi connectivity index (χ0) is 23.3. The van der Waals surface area contributed by atoms with Crippen molar-refractivity contribution < 1.29 is 8.78 Å². The number of nitrogen functional groups attached to an aromatic ring is 2. The molecule has 0 spiro atoms. The average molecular weight is 451 g/mol. The molecule has 2 aliphatic rings. The van der Waals surface area contributed by atoms with Crippen LogP contribution in [0.3, 0.4) is 0 Å². The maximum absolute atomic E-state index is 14.7. The molecule has 8 heteroatoms. The number of pyridine rings is 1. The zero-order valence-corrected chi connectivity index (χ0v) is 18.9. The van der Waals surface area contributed by atoms with Gasteiger partial charge in [0, 0.05) is 31.1 Å². The van der Waals surface area contributed by atoms with Crippen LogP contribution in [0.25, 0.3) is 0 Å². The number of nitrogens with zero attached hydrogens (tertiary/aromatic N) is 4. The normalized spacial score (nSPS) is 23.9. The molecule has 3 aromatic rings. The maximum Gasteiger partial charge on any atom is 0.149 e. The Kier molecular flexibility index (Phi) is 5.18. The summed E-state index contributed by atoms with van der Waals surface area (Å²) in [5.74, 6) is 1.49. The van der Waals surface area contributed by atoms with Crippen LogP contribution in [0.4, 0.5) is 26.2 Å². The van der Waals surface area contributed by atoms with Gasteiger partial charge < -0.3 is 16.4 Å². The molecule has 2 fully saturated rings. The number of anilines is 3. The predicted octanol–water partition coefficient (Wildman–Crippen LogP) is 4.02. The summed E-state index contributed by atoms with van der Waals surface area (Å²) in [7, 11) is 0. The molecule has 0 bridgehead atoms. The summed E-state index contributed by atoms with van der Waals surface area (Å²) in [6.07, 6.45) is 5.63. The molecule has 4 N–H and O–H groups in total. The van der Waals surface area contributed by atoms with Crippen LogP contribution in [0.5, 0.6) is 0 Å². The van der Waals surface area contributed by atoms with Gasteiger partial charge in [0.15, 0.2) is 0 Å². The summed E-state index contributed by atoms with van der Waals surface area (Å²) in [5.41, 5.74) is 15.0. The molecular weight excluding hydrogens is 422 g/mol. The van der Waals surface area contributed by atoms with Gasteiger partial charge in [-0.25, -0.2) is 18.7 Å². The highest BCUT2D eigenvalue weighted by Crippen LogP contribution is 2.65. The Bertz CT molecular complexity index is 1220. The highest BCUT2D eigenvalue weighted by molar-refractivity contribution is 5.51. The number of aromatic nitrogens is 3. The lowest BCUT2D eigenvalue weighted by molar-refractivity contribution is 0.507. The van der Waals surface area contributed by atoms with Gasteiger partial charge in [0.25, 0.3) is 0 Å². The first-order valence-corrected chi connectivity index (χ1v) is 11.4. The second kappa shape index (κ2) is 7.93. The Morgan fingerprint density at radius 1 is 1.12 bits per heavy atom. The zero-order valence-electron chi connectivity index (χ0n) is 18.9. The van der Waals surface area contributed by atoms with Gasteiger partial charge in [0.1, 0.15) is 29.1 Å². The van der Waals surface area contributed by atoms with Crippen molar-refractivity contribution in [3.8, 4) is 0 Å². The Morgan fingerprint density at radius 3 is 2.70 bits per heavy atom. The second-order valence-corrected chi connectivity index (χ2v) is 9.18. The Balaban J connectivity index is 1.36. The van der Waals surface area contributed by atoms with E-state index >= 15 is 0 Å². The van der Waals surface area contributed by atoms with Crippen molar-refractivity contribution in [2.45, 2.75) is 38.5 Å². The first-order valence-electron chi connectivity index (χ1n) is 11.4. The van der Waals surface area contributed by atoms with Gasteiger partial charge in [-0.15, -0.1) is 0 Å². The van der Waals surface area contributed by atoms with Crippen molar-refractivity contribution in [1.29, 1.82) is 0 Å². The maximum atomic E-state index is 14.7. The van der Waals surface area contributed by atoms with Gasteiger partial charge in [-0.1, -0.05) is 6.92 Å². The topological polar surface area (TPSA) is 94.0 Å². The molecular formula is C25H28F2N6. The lowest BCUT2D eigenvalue weighted by Gasteiger charge is -2.27. The van der Waals surface area contributed by atoms with Crippen molar-refractivity contribution >= 4 is 17.5 Å². The third kappa shape index (κ3) is 3.48. The van der Waals surface area contributed by atoms with E-state index < -0.39 is 0 Å². The van der Waals surface area contributed by atoms with Crippen LogP contribution in [-0.4, -0.2) is 28.0 Å². The highest BCUT2D eigenvalue weighted by Gasteiger charge is 2.66. The van der Waals surface area contributed by atoms with Crippen LogP contribution in [0.1, 0.15) is 42.1 Å². The van der Waals surface area contributed by atoms with Crippen LogP contribution < -0.4 is 16.4 Å². The van der Waals surface area contributed by atoms with Gasteiger partial charge in [-0.05, 0) is 72.6 Å². The van der Waals surface area contributed by atoms with Crippen LogP contribution >= 0.6 is 0 Å². The quantitative estimate of drug-likeness (QED) is 0.610. The summed E-state index contributed by atoms with van der Waals surface area (Å²) in [6.45, 7) is 5.50. The van der Waals surface area contributed by atoms with Gasteiger partial charge in [-0.2, -0.15) is 0 Å². The molecule has 1 aliphatic carbocycles. The van der Waals surface area contributed by atoms with E-state index in [9.17, 15) is 8.78 Å². The number of nitrogens with two attached hydrogens (primary N) is 2. The van der Waals surface area contributed by atoms with E-state index in [1.807, 2.05) is 13.0 Å². The third-order valence-electron chi connectivity index (χ3n) is 7.75. The number of rotatable bonds is 5.